The molecular weight excluding hydrogens is 334 g/mol. The molecule has 130 valence electrons. The van der Waals surface area contributed by atoms with E-state index in [-0.39, 0.29) is 0 Å². The summed E-state index contributed by atoms with van der Waals surface area (Å²) in [6.45, 7) is 2.12. The van der Waals surface area contributed by atoms with Crippen LogP contribution in [0.2, 0.25) is 0 Å². The Hall–Kier alpha value is -3.73. The van der Waals surface area contributed by atoms with Gasteiger partial charge in [-0.25, -0.2) is 15.0 Å². The number of nitrogens with zero attached hydrogens (tertiary/aromatic N) is 4. The van der Waals surface area contributed by atoms with E-state index in [1.54, 1.807) is 18.7 Å². The molecule has 5 heteroatoms. The van der Waals surface area contributed by atoms with Gasteiger partial charge in [-0.1, -0.05) is 36.4 Å². The molecule has 0 unspecified atom stereocenters. The van der Waals surface area contributed by atoms with Gasteiger partial charge in [0.25, 0.3) is 0 Å². The van der Waals surface area contributed by atoms with Gasteiger partial charge < -0.3 is 9.72 Å². The van der Waals surface area contributed by atoms with Gasteiger partial charge in [0.2, 0.25) is 0 Å². The standard InChI is InChI=1S/C22H17N5/c1-15-11-19(16-5-3-2-4-6-16)26-20-12-17(7-8-18(15)20)25-22-21-13-23-14-27(21)10-9-24-22/h2-14H,1H3,(H,24,25). The van der Waals surface area contributed by atoms with E-state index < -0.39 is 0 Å². The van der Waals surface area contributed by atoms with Gasteiger partial charge in [-0.05, 0) is 30.7 Å². The molecule has 0 fully saturated rings. The molecule has 3 heterocycles. The van der Waals surface area contributed by atoms with Gasteiger partial charge >= 0.3 is 0 Å². The number of pyridine rings is 1. The predicted molar refractivity (Wildman–Crippen MR) is 108 cm³/mol. The normalized spacial score (nSPS) is 11.1. The maximum Gasteiger partial charge on any atom is 0.156 e. The fraction of sp³-hybridized carbons (Fsp3) is 0.0455. The Bertz CT molecular complexity index is 1260. The van der Waals surface area contributed by atoms with Gasteiger partial charge in [0.15, 0.2) is 5.82 Å². The van der Waals surface area contributed by atoms with Crippen molar-refractivity contribution >= 4 is 27.9 Å². The zero-order valence-corrected chi connectivity index (χ0v) is 14.8. The third kappa shape index (κ3) is 2.79. The molecule has 0 saturated heterocycles. The van der Waals surface area contributed by atoms with Gasteiger partial charge in [-0.15, -0.1) is 0 Å². The van der Waals surface area contributed by atoms with E-state index in [0.717, 1.165) is 39.2 Å². The van der Waals surface area contributed by atoms with Gasteiger partial charge in [-0.2, -0.15) is 0 Å². The average molecular weight is 351 g/mol. The highest BCUT2D eigenvalue weighted by Gasteiger charge is 2.08. The largest absolute Gasteiger partial charge is 0.338 e. The van der Waals surface area contributed by atoms with E-state index in [1.807, 2.05) is 28.8 Å². The van der Waals surface area contributed by atoms with E-state index in [9.17, 15) is 0 Å². The van der Waals surface area contributed by atoms with Crippen LogP contribution in [0.15, 0.2) is 79.5 Å². The van der Waals surface area contributed by atoms with Crippen LogP contribution in [0.1, 0.15) is 5.56 Å². The van der Waals surface area contributed by atoms with E-state index in [1.165, 1.54) is 5.56 Å². The summed E-state index contributed by atoms with van der Waals surface area (Å²) in [4.78, 5) is 13.5. The molecule has 2 aromatic carbocycles. The van der Waals surface area contributed by atoms with Gasteiger partial charge in [0, 0.05) is 29.0 Å². The van der Waals surface area contributed by atoms with Crippen LogP contribution in [-0.4, -0.2) is 19.4 Å². The fourth-order valence-corrected chi connectivity index (χ4v) is 3.32. The summed E-state index contributed by atoms with van der Waals surface area (Å²) in [5.74, 6) is 0.769. The van der Waals surface area contributed by atoms with Crippen molar-refractivity contribution in [1.82, 2.24) is 19.4 Å². The van der Waals surface area contributed by atoms with E-state index in [0.29, 0.717) is 0 Å². The predicted octanol–water partition coefficient (Wildman–Crippen LogP) is 5.00. The molecule has 0 aliphatic carbocycles. The van der Waals surface area contributed by atoms with Gasteiger partial charge in [0.05, 0.1) is 23.7 Å². The molecule has 3 aromatic heterocycles. The third-order valence-electron chi connectivity index (χ3n) is 4.69. The maximum atomic E-state index is 4.88. The van der Waals surface area contributed by atoms with Crippen LogP contribution in [0.4, 0.5) is 11.5 Å². The Labute approximate surface area is 156 Å². The Morgan fingerprint density at radius 1 is 1.00 bits per heavy atom. The molecule has 0 radical (unpaired) electrons. The van der Waals surface area contributed by atoms with Gasteiger partial charge in [-0.3, -0.25) is 0 Å². The quantitative estimate of drug-likeness (QED) is 0.497. The first-order chi connectivity index (χ1) is 13.3. The smallest absolute Gasteiger partial charge is 0.156 e. The minimum Gasteiger partial charge on any atom is -0.338 e. The molecule has 0 bridgehead atoms. The molecule has 0 atom stereocenters. The van der Waals surface area contributed by atoms with Crippen LogP contribution in [0.5, 0.6) is 0 Å². The maximum absolute atomic E-state index is 4.88. The van der Waals surface area contributed by atoms with Crippen LogP contribution in [0, 0.1) is 6.92 Å². The highest BCUT2D eigenvalue weighted by molar-refractivity contribution is 5.88. The summed E-state index contributed by atoms with van der Waals surface area (Å²) in [6.07, 6.45) is 7.20. The van der Waals surface area contributed by atoms with Gasteiger partial charge in [0.1, 0.15) is 5.52 Å². The lowest BCUT2D eigenvalue weighted by Gasteiger charge is -2.10. The number of imidazole rings is 1. The fourth-order valence-electron chi connectivity index (χ4n) is 3.32. The lowest BCUT2D eigenvalue weighted by Crippen LogP contribution is -1.97. The number of fused-ring (bicyclic) bond motifs is 2. The number of aromatic nitrogens is 4. The molecule has 0 saturated carbocycles. The summed E-state index contributed by atoms with van der Waals surface area (Å²) in [6, 6.07) is 18.6. The topological polar surface area (TPSA) is 55.1 Å². The molecule has 0 spiro atoms. The lowest BCUT2D eigenvalue weighted by molar-refractivity contribution is 1.12. The van der Waals surface area contributed by atoms with E-state index >= 15 is 0 Å². The second-order valence-electron chi connectivity index (χ2n) is 6.51. The van der Waals surface area contributed by atoms with E-state index in [2.05, 4.69) is 58.6 Å². The number of benzene rings is 2. The molecule has 5 nitrogen and oxygen atoms in total. The number of hydrogen-bond acceptors (Lipinski definition) is 4. The molecule has 0 aliphatic heterocycles. The number of rotatable bonds is 3. The van der Waals surface area contributed by atoms with Crippen molar-refractivity contribution in [2.45, 2.75) is 6.92 Å². The Morgan fingerprint density at radius 3 is 2.78 bits per heavy atom. The Kier molecular flexibility index (Phi) is 3.57. The number of hydrogen-bond donors (Lipinski definition) is 1. The summed E-state index contributed by atoms with van der Waals surface area (Å²) in [7, 11) is 0. The summed E-state index contributed by atoms with van der Waals surface area (Å²) >= 11 is 0. The molecule has 5 rings (SSSR count). The first-order valence-electron chi connectivity index (χ1n) is 8.78. The van der Waals surface area contributed by atoms with Crippen LogP contribution in [0.25, 0.3) is 27.7 Å². The second kappa shape index (κ2) is 6.21. The average Bonchev–Trinajstić information content (AvgIpc) is 3.18. The van der Waals surface area contributed by atoms with Crippen molar-refractivity contribution in [2.75, 3.05) is 5.32 Å². The zero-order valence-electron chi connectivity index (χ0n) is 14.8. The Morgan fingerprint density at radius 2 is 1.89 bits per heavy atom. The second-order valence-corrected chi connectivity index (χ2v) is 6.51. The molecular formula is C22H17N5. The highest BCUT2D eigenvalue weighted by Crippen LogP contribution is 2.28. The summed E-state index contributed by atoms with van der Waals surface area (Å²) < 4.78 is 1.94. The van der Waals surface area contributed by atoms with Crippen molar-refractivity contribution in [3.05, 3.63) is 85.1 Å². The lowest BCUT2D eigenvalue weighted by atomic mass is 10.0. The molecule has 27 heavy (non-hydrogen) atoms. The van der Waals surface area contributed by atoms with Crippen molar-refractivity contribution in [2.24, 2.45) is 0 Å². The van der Waals surface area contributed by atoms with Crippen molar-refractivity contribution < 1.29 is 0 Å². The zero-order chi connectivity index (χ0) is 18.2. The molecule has 1 N–H and O–H groups in total. The number of nitrogens with one attached hydrogen (secondary N) is 1. The number of anilines is 2. The van der Waals surface area contributed by atoms with Crippen LogP contribution in [0.3, 0.4) is 0 Å². The first kappa shape index (κ1) is 15.5. The first-order valence-corrected chi connectivity index (χ1v) is 8.78. The monoisotopic (exact) mass is 351 g/mol. The van der Waals surface area contributed by atoms with Crippen molar-refractivity contribution in [1.29, 1.82) is 0 Å². The highest BCUT2D eigenvalue weighted by atomic mass is 15.1. The summed E-state index contributed by atoms with van der Waals surface area (Å²) in [5, 5.41) is 4.54. The van der Waals surface area contributed by atoms with Crippen LogP contribution >= 0.6 is 0 Å². The minimum atomic E-state index is 0.769. The Balaban J connectivity index is 1.59. The summed E-state index contributed by atoms with van der Waals surface area (Å²) in [5.41, 5.74) is 6.14. The minimum absolute atomic E-state index is 0.769. The third-order valence-corrected chi connectivity index (χ3v) is 4.69. The molecule has 5 aromatic rings. The molecule has 0 aliphatic rings. The molecule has 0 amide bonds. The van der Waals surface area contributed by atoms with Crippen molar-refractivity contribution in [3.63, 3.8) is 0 Å². The number of aryl methyl sites for hydroxylation is 1. The van der Waals surface area contributed by atoms with E-state index in [4.69, 9.17) is 4.98 Å². The van der Waals surface area contributed by atoms with Crippen LogP contribution < -0.4 is 5.32 Å². The van der Waals surface area contributed by atoms with Crippen molar-refractivity contribution in [3.8, 4) is 11.3 Å². The van der Waals surface area contributed by atoms with Crippen LogP contribution in [-0.2, 0) is 0 Å². The SMILES string of the molecule is Cc1cc(-c2ccccc2)nc2cc(Nc3nccn4cncc34)ccc12.